The minimum absolute atomic E-state index is 0.178. The van der Waals surface area contributed by atoms with Crippen LogP contribution in [-0.4, -0.2) is 64.2 Å². The first-order valence-electron chi connectivity index (χ1n) is 23.9. The van der Waals surface area contributed by atoms with Gasteiger partial charge < -0.3 is 29.9 Å². The van der Waals surface area contributed by atoms with Crippen molar-refractivity contribution in [2.45, 2.75) is 76.7 Å². The fourth-order valence-electron chi connectivity index (χ4n) is 9.41. The Morgan fingerprint density at radius 1 is 0.685 bits per heavy atom. The molecule has 2 aliphatic heterocycles. The maximum Gasteiger partial charge on any atom is 0.573 e. The number of hydrogen-bond donors (Lipinski definition) is 2. The van der Waals surface area contributed by atoms with Crippen LogP contribution < -0.4 is 29.9 Å². The van der Waals surface area contributed by atoms with Gasteiger partial charge in [-0.2, -0.15) is 0 Å². The quantitative estimate of drug-likeness (QED) is 0.109. The molecule has 0 aliphatic carbocycles. The van der Waals surface area contributed by atoms with Gasteiger partial charge >= 0.3 is 12.7 Å². The van der Waals surface area contributed by atoms with Crippen molar-refractivity contribution >= 4 is 61.9 Å². The summed E-state index contributed by atoms with van der Waals surface area (Å²) in [5, 5.41) is 9.98. The molecule has 11 nitrogen and oxygen atoms in total. The third-order valence-corrected chi connectivity index (χ3v) is 14.2. The van der Waals surface area contributed by atoms with Crippen LogP contribution in [0.5, 0.6) is 11.5 Å². The minimum atomic E-state index is -4.68. The van der Waals surface area contributed by atoms with Crippen LogP contribution >= 0.6 is 22.9 Å². The molecule has 4 aromatic heterocycles. The molecule has 4 aromatic carbocycles. The molecule has 0 atom stereocenters. The molecular weight excluding hydrogens is 990 g/mol. The number of rotatable bonds is 13. The first-order chi connectivity index (χ1) is 35.1. The van der Waals surface area contributed by atoms with Crippen molar-refractivity contribution in [2.75, 3.05) is 41.3 Å². The number of aromatic nitrogens is 4. The van der Waals surface area contributed by atoms with E-state index in [1.54, 1.807) is 64.7 Å². The summed E-state index contributed by atoms with van der Waals surface area (Å²) in [4.78, 5) is 31.9. The van der Waals surface area contributed by atoms with E-state index in [1.165, 1.54) is 35.5 Å². The molecule has 0 saturated carbocycles. The maximum absolute atomic E-state index is 13.0. The molecule has 8 aromatic rings. The lowest BCUT2D eigenvalue weighted by Crippen LogP contribution is -2.32. The summed E-state index contributed by atoms with van der Waals surface area (Å²) in [6.45, 7) is 6.52. The topological polar surface area (TPSA) is 109 Å². The van der Waals surface area contributed by atoms with E-state index >= 15 is 0 Å². The van der Waals surface area contributed by atoms with Crippen molar-refractivity contribution in [3.8, 4) is 11.5 Å². The number of hydrogen-bond acceptors (Lipinski definition) is 10. The van der Waals surface area contributed by atoms with Gasteiger partial charge in [0.15, 0.2) is 0 Å². The number of halogens is 7. The van der Waals surface area contributed by atoms with Gasteiger partial charge in [0, 0.05) is 56.8 Å². The van der Waals surface area contributed by atoms with Crippen molar-refractivity contribution in [3.63, 3.8) is 0 Å². The van der Waals surface area contributed by atoms with Crippen molar-refractivity contribution in [1.82, 2.24) is 24.7 Å². The summed E-state index contributed by atoms with van der Waals surface area (Å²) in [6, 6.07) is 34.7. The number of thiophene rings is 1. The van der Waals surface area contributed by atoms with E-state index < -0.39 is 12.7 Å². The molecule has 0 unspecified atom stereocenters. The SMILES string of the molecule is CCc1nc2ccc(Cl)cn2c1C(=O)NCc1ccc(N2CCC(c3ccc(OC(F)(F)F)cc3)CC2)cc1.FC(F)(F)Oc1ccc(C2CCN(c3ccc(CNc4ncnc5sccc45)cc3)CC2)cc1. The predicted molar refractivity (Wildman–Crippen MR) is 273 cm³/mol. The van der Waals surface area contributed by atoms with E-state index in [9.17, 15) is 31.1 Å². The molecule has 73 heavy (non-hydrogen) atoms. The zero-order valence-electron chi connectivity index (χ0n) is 39.6. The molecule has 10 rings (SSSR count). The molecule has 0 spiro atoms. The Balaban J connectivity index is 0.000000181. The second kappa shape index (κ2) is 22.4. The summed E-state index contributed by atoms with van der Waals surface area (Å²) < 4.78 is 83.9. The normalized spacial score (nSPS) is 14.7. The predicted octanol–water partition coefficient (Wildman–Crippen LogP) is 13.3. The van der Waals surface area contributed by atoms with E-state index in [1.807, 2.05) is 30.5 Å². The van der Waals surface area contributed by atoms with Crippen LogP contribution in [0, 0.1) is 0 Å². The number of carbonyl (C=O) groups excluding carboxylic acids is 1. The van der Waals surface area contributed by atoms with Crippen LogP contribution in [0.2, 0.25) is 5.02 Å². The Labute approximate surface area is 426 Å². The van der Waals surface area contributed by atoms with Gasteiger partial charge in [-0.15, -0.1) is 37.7 Å². The molecule has 380 valence electrons. The van der Waals surface area contributed by atoms with Crippen molar-refractivity contribution in [1.29, 1.82) is 0 Å². The van der Waals surface area contributed by atoms with E-state index in [2.05, 4.69) is 81.3 Å². The standard InChI is InChI=1S/C29H28ClF3N4O2.C25H23F3N4OS/c1-2-25-27(37-18-22(30)7-12-26(37)35-25)28(38)34-17-19-3-8-23(9-4-19)36-15-13-21(14-16-36)20-5-10-24(11-6-20)39-29(31,32)33;26-25(27,28)33-21-7-3-18(4-8-21)19-9-12-32(13-10-19)20-5-1-17(2-6-20)15-29-23-22-11-14-34-24(22)31-16-30-23/h3-12,18,21H,2,13-17H2,1H3,(H,34,38);1-8,11,14,16,19H,9-10,12-13,15H2,(H,29,30,31). The summed E-state index contributed by atoms with van der Waals surface area (Å²) in [6.07, 6.45) is -1.72. The monoisotopic (exact) mass is 1040 g/mol. The number of fused-ring (bicyclic) bond motifs is 2. The smallest absolute Gasteiger partial charge is 0.406 e. The molecule has 19 heteroatoms. The first-order valence-corrected chi connectivity index (χ1v) is 25.2. The number of aryl methyl sites for hydroxylation is 1. The van der Waals surface area contributed by atoms with Crippen molar-refractivity contribution in [3.05, 3.63) is 172 Å². The second-order valence-corrected chi connectivity index (χ2v) is 19.2. The number of benzene rings is 4. The van der Waals surface area contributed by atoms with Gasteiger partial charge in [-0.1, -0.05) is 67.1 Å². The summed E-state index contributed by atoms with van der Waals surface area (Å²) in [5.41, 5.74) is 8.41. The zero-order chi connectivity index (χ0) is 51.1. The Hall–Kier alpha value is -7.05. The van der Waals surface area contributed by atoms with E-state index in [0.717, 1.165) is 96.0 Å². The van der Waals surface area contributed by atoms with Gasteiger partial charge in [-0.3, -0.25) is 9.20 Å². The third kappa shape index (κ3) is 13.1. The summed E-state index contributed by atoms with van der Waals surface area (Å²) >= 11 is 7.74. The van der Waals surface area contributed by atoms with E-state index in [-0.39, 0.29) is 23.3 Å². The minimum Gasteiger partial charge on any atom is -0.406 e. The van der Waals surface area contributed by atoms with Gasteiger partial charge in [0.1, 0.15) is 39.8 Å². The number of nitrogens with one attached hydrogen (secondary N) is 2. The largest absolute Gasteiger partial charge is 0.573 e. The molecule has 0 radical (unpaired) electrons. The lowest BCUT2D eigenvalue weighted by Gasteiger charge is -2.34. The third-order valence-electron chi connectivity index (χ3n) is 13.1. The van der Waals surface area contributed by atoms with Crippen LogP contribution in [0.3, 0.4) is 0 Å². The Bertz CT molecular complexity index is 3100. The Morgan fingerprint density at radius 3 is 1.71 bits per heavy atom. The van der Waals surface area contributed by atoms with Crippen molar-refractivity contribution in [2.24, 2.45) is 0 Å². The van der Waals surface area contributed by atoms with Crippen LogP contribution in [0.4, 0.5) is 43.5 Å². The van der Waals surface area contributed by atoms with Gasteiger partial charge in [0.25, 0.3) is 5.91 Å². The fourth-order valence-corrected chi connectivity index (χ4v) is 10.3. The molecule has 6 heterocycles. The number of ether oxygens (including phenoxy) is 2. The number of nitrogens with zero attached hydrogens (tertiary/aromatic N) is 6. The summed E-state index contributed by atoms with van der Waals surface area (Å²) in [7, 11) is 0. The fraction of sp³-hybridized carbons (Fsp3) is 0.296. The summed E-state index contributed by atoms with van der Waals surface area (Å²) in [5.74, 6) is 0.886. The van der Waals surface area contributed by atoms with Gasteiger partial charge in [0.05, 0.1) is 16.1 Å². The molecule has 2 aliphatic rings. The highest BCUT2D eigenvalue weighted by atomic mass is 35.5. The molecular formula is C54H51ClF6N8O3S. The van der Waals surface area contributed by atoms with Gasteiger partial charge in [0.2, 0.25) is 0 Å². The second-order valence-electron chi connectivity index (χ2n) is 17.8. The maximum atomic E-state index is 13.0. The number of imidazole rings is 1. The number of amides is 1. The first kappa shape index (κ1) is 50.9. The Morgan fingerprint density at radius 2 is 1.21 bits per heavy atom. The van der Waals surface area contributed by atoms with Crippen LogP contribution in [0.25, 0.3) is 15.9 Å². The average Bonchev–Trinajstić information content (AvgIpc) is 4.03. The number of carbonyl (C=O) groups is 1. The van der Waals surface area contributed by atoms with Crippen LogP contribution in [0.1, 0.15) is 82.9 Å². The molecule has 1 amide bonds. The van der Waals surface area contributed by atoms with Crippen LogP contribution in [0.15, 0.2) is 133 Å². The molecule has 2 saturated heterocycles. The highest BCUT2D eigenvalue weighted by Gasteiger charge is 2.32. The van der Waals surface area contributed by atoms with Crippen LogP contribution in [-0.2, 0) is 19.5 Å². The highest BCUT2D eigenvalue weighted by molar-refractivity contribution is 7.16. The molecule has 2 fully saturated rings. The molecule has 0 bridgehead atoms. The number of piperidine rings is 2. The van der Waals surface area contributed by atoms with E-state index in [4.69, 9.17) is 11.6 Å². The Kier molecular flexibility index (Phi) is 15.6. The number of pyridine rings is 1. The average molecular weight is 1040 g/mol. The molecule has 2 N–H and O–H groups in total. The zero-order valence-corrected chi connectivity index (χ0v) is 41.2. The number of anilines is 3. The lowest BCUT2D eigenvalue weighted by atomic mass is 9.89. The van der Waals surface area contributed by atoms with Gasteiger partial charge in [-0.25, -0.2) is 15.0 Å². The highest BCUT2D eigenvalue weighted by Crippen LogP contribution is 2.35. The van der Waals surface area contributed by atoms with Crippen molar-refractivity contribution < 1.29 is 40.6 Å². The number of alkyl halides is 6. The van der Waals surface area contributed by atoms with Gasteiger partial charge in [-0.05, 0) is 138 Å². The lowest BCUT2D eigenvalue weighted by molar-refractivity contribution is -0.275. The van der Waals surface area contributed by atoms with E-state index in [0.29, 0.717) is 41.8 Å².